The maximum Gasteiger partial charge on any atom is 0.269 e. The van der Waals surface area contributed by atoms with Gasteiger partial charge in [-0.1, -0.05) is 23.8 Å². The van der Waals surface area contributed by atoms with E-state index in [1.165, 1.54) is 19.1 Å². The quantitative estimate of drug-likeness (QED) is 0.477. The molecular formula is C16H15NO4. The third-order valence-corrected chi connectivity index (χ3v) is 3.03. The Hall–Kier alpha value is -2.69. The van der Waals surface area contributed by atoms with Crippen LogP contribution in [0.3, 0.4) is 0 Å². The van der Waals surface area contributed by atoms with Gasteiger partial charge in [-0.25, -0.2) is 0 Å². The van der Waals surface area contributed by atoms with Gasteiger partial charge in [0.2, 0.25) is 0 Å². The van der Waals surface area contributed by atoms with E-state index in [9.17, 15) is 14.9 Å². The van der Waals surface area contributed by atoms with Crippen molar-refractivity contribution in [2.45, 2.75) is 20.5 Å². The van der Waals surface area contributed by atoms with Gasteiger partial charge in [0.1, 0.15) is 12.4 Å². The zero-order chi connectivity index (χ0) is 15.4. The van der Waals surface area contributed by atoms with Gasteiger partial charge < -0.3 is 4.74 Å². The molecule has 21 heavy (non-hydrogen) atoms. The second-order valence-corrected chi connectivity index (χ2v) is 4.77. The van der Waals surface area contributed by atoms with Gasteiger partial charge >= 0.3 is 0 Å². The standard InChI is InChI=1S/C16H15NO4/c1-11-6-7-16(15(8-11)12(2)18)21-10-13-4-3-5-14(9-13)17(19)20/h3-9H,10H2,1-2H3. The number of ether oxygens (including phenoxy) is 1. The Balaban J connectivity index is 2.18. The average Bonchev–Trinajstić information content (AvgIpc) is 2.46. The second-order valence-electron chi connectivity index (χ2n) is 4.77. The molecule has 0 saturated heterocycles. The van der Waals surface area contributed by atoms with Gasteiger partial charge in [0.25, 0.3) is 5.69 Å². The fourth-order valence-corrected chi connectivity index (χ4v) is 1.97. The SMILES string of the molecule is CC(=O)c1cc(C)ccc1OCc1cccc([N+](=O)[O-])c1. The molecule has 0 spiro atoms. The summed E-state index contributed by atoms with van der Waals surface area (Å²) in [5.74, 6) is 0.410. The minimum absolute atomic E-state index is 0.0202. The molecule has 5 nitrogen and oxygen atoms in total. The highest BCUT2D eigenvalue weighted by atomic mass is 16.6. The number of nitro groups is 1. The van der Waals surface area contributed by atoms with Crippen LogP contribution in [0.2, 0.25) is 0 Å². The summed E-state index contributed by atoms with van der Waals surface area (Å²) in [6, 6.07) is 11.6. The lowest BCUT2D eigenvalue weighted by atomic mass is 10.1. The van der Waals surface area contributed by atoms with E-state index >= 15 is 0 Å². The highest BCUT2D eigenvalue weighted by Crippen LogP contribution is 2.22. The largest absolute Gasteiger partial charge is 0.488 e. The first-order valence-corrected chi connectivity index (χ1v) is 6.45. The van der Waals surface area contributed by atoms with Gasteiger partial charge in [0.15, 0.2) is 5.78 Å². The molecule has 0 heterocycles. The number of Topliss-reactive ketones (excluding diaryl/α,β-unsaturated/α-hetero) is 1. The smallest absolute Gasteiger partial charge is 0.269 e. The summed E-state index contributed by atoms with van der Waals surface area (Å²) in [5, 5.41) is 10.7. The number of nitro benzene ring substituents is 1. The van der Waals surface area contributed by atoms with Crippen molar-refractivity contribution in [1.82, 2.24) is 0 Å². The second kappa shape index (κ2) is 6.17. The molecule has 2 aromatic rings. The number of carbonyl (C=O) groups excluding carboxylic acids is 1. The van der Waals surface area contributed by atoms with Gasteiger partial charge in [-0.3, -0.25) is 14.9 Å². The summed E-state index contributed by atoms with van der Waals surface area (Å²) >= 11 is 0. The summed E-state index contributed by atoms with van der Waals surface area (Å²) in [4.78, 5) is 21.9. The van der Waals surface area contributed by atoms with Crippen molar-refractivity contribution in [3.63, 3.8) is 0 Å². The van der Waals surface area contributed by atoms with Crippen molar-refractivity contribution in [3.8, 4) is 5.75 Å². The van der Waals surface area contributed by atoms with Crippen molar-refractivity contribution < 1.29 is 14.5 Å². The number of hydrogen-bond donors (Lipinski definition) is 0. The maximum atomic E-state index is 11.6. The van der Waals surface area contributed by atoms with Gasteiger partial charge in [0.05, 0.1) is 10.5 Å². The van der Waals surface area contributed by atoms with Crippen LogP contribution < -0.4 is 4.74 Å². The van der Waals surface area contributed by atoms with Gasteiger partial charge in [-0.15, -0.1) is 0 Å². The van der Waals surface area contributed by atoms with Crippen LogP contribution in [0.1, 0.15) is 28.4 Å². The number of non-ortho nitro benzene ring substituents is 1. The van der Waals surface area contributed by atoms with E-state index < -0.39 is 4.92 Å². The Morgan fingerprint density at radius 1 is 1.24 bits per heavy atom. The number of ketones is 1. The van der Waals surface area contributed by atoms with Crippen LogP contribution in [0.15, 0.2) is 42.5 Å². The summed E-state index contributed by atoms with van der Waals surface area (Å²) in [6.45, 7) is 3.55. The van der Waals surface area contributed by atoms with E-state index in [4.69, 9.17) is 4.74 Å². The molecule has 0 aliphatic rings. The third kappa shape index (κ3) is 3.66. The molecular weight excluding hydrogens is 270 g/mol. The van der Waals surface area contributed by atoms with E-state index in [0.717, 1.165) is 5.56 Å². The summed E-state index contributed by atoms with van der Waals surface area (Å²) in [5.41, 5.74) is 2.19. The Labute approximate surface area is 122 Å². The minimum Gasteiger partial charge on any atom is -0.488 e. The van der Waals surface area contributed by atoms with Crippen molar-refractivity contribution in [1.29, 1.82) is 0 Å². The summed E-state index contributed by atoms with van der Waals surface area (Å²) in [7, 11) is 0. The van der Waals surface area contributed by atoms with E-state index in [2.05, 4.69) is 0 Å². The molecule has 0 atom stereocenters. The molecule has 108 valence electrons. The van der Waals surface area contributed by atoms with Crippen LogP contribution in [0.5, 0.6) is 5.75 Å². The Bertz CT molecular complexity index is 694. The predicted octanol–water partition coefficient (Wildman–Crippen LogP) is 3.68. The number of hydrogen-bond acceptors (Lipinski definition) is 4. The number of aryl methyl sites for hydroxylation is 1. The summed E-state index contributed by atoms with van der Waals surface area (Å²) in [6.07, 6.45) is 0. The van der Waals surface area contributed by atoms with Crippen LogP contribution in [0.4, 0.5) is 5.69 Å². The minimum atomic E-state index is -0.448. The highest BCUT2D eigenvalue weighted by Gasteiger charge is 2.10. The molecule has 0 radical (unpaired) electrons. The number of rotatable bonds is 5. The van der Waals surface area contributed by atoms with E-state index in [0.29, 0.717) is 16.9 Å². The maximum absolute atomic E-state index is 11.6. The van der Waals surface area contributed by atoms with E-state index in [1.807, 2.05) is 13.0 Å². The molecule has 0 bridgehead atoms. The molecule has 0 aromatic heterocycles. The van der Waals surface area contributed by atoms with Crippen LogP contribution in [0.25, 0.3) is 0 Å². The van der Waals surface area contributed by atoms with Gasteiger partial charge in [-0.2, -0.15) is 0 Å². The molecule has 0 unspecified atom stereocenters. The molecule has 5 heteroatoms. The molecule has 2 rings (SSSR count). The lowest BCUT2D eigenvalue weighted by molar-refractivity contribution is -0.384. The van der Waals surface area contributed by atoms with Crippen LogP contribution in [-0.4, -0.2) is 10.7 Å². The molecule has 0 N–H and O–H groups in total. The average molecular weight is 285 g/mol. The van der Waals surface area contributed by atoms with Crippen LogP contribution in [0, 0.1) is 17.0 Å². The van der Waals surface area contributed by atoms with E-state index in [1.54, 1.807) is 24.3 Å². The molecule has 0 aliphatic heterocycles. The van der Waals surface area contributed by atoms with Crippen molar-refractivity contribution >= 4 is 11.5 Å². The van der Waals surface area contributed by atoms with Gasteiger partial charge in [-0.05, 0) is 31.5 Å². The lowest BCUT2D eigenvalue weighted by Crippen LogP contribution is -2.02. The molecule has 2 aromatic carbocycles. The first-order chi connectivity index (χ1) is 9.97. The fourth-order valence-electron chi connectivity index (χ4n) is 1.97. The van der Waals surface area contributed by atoms with Crippen LogP contribution >= 0.6 is 0 Å². The van der Waals surface area contributed by atoms with Crippen molar-refractivity contribution in [3.05, 3.63) is 69.3 Å². The Kier molecular flexibility index (Phi) is 4.33. The predicted molar refractivity (Wildman–Crippen MR) is 78.6 cm³/mol. The monoisotopic (exact) mass is 285 g/mol. The lowest BCUT2D eigenvalue weighted by Gasteiger charge is -2.10. The number of nitrogens with zero attached hydrogens (tertiary/aromatic N) is 1. The first kappa shape index (κ1) is 14.7. The third-order valence-electron chi connectivity index (χ3n) is 3.03. The summed E-state index contributed by atoms with van der Waals surface area (Å²) < 4.78 is 5.63. The van der Waals surface area contributed by atoms with Crippen LogP contribution in [-0.2, 0) is 6.61 Å². The highest BCUT2D eigenvalue weighted by molar-refractivity contribution is 5.97. The van der Waals surface area contributed by atoms with Crippen molar-refractivity contribution in [2.24, 2.45) is 0 Å². The zero-order valence-electron chi connectivity index (χ0n) is 11.8. The number of benzene rings is 2. The Morgan fingerprint density at radius 3 is 2.67 bits per heavy atom. The van der Waals surface area contributed by atoms with Gasteiger partial charge in [0, 0.05) is 12.1 Å². The molecule has 0 saturated carbocycles. The normalized spacial score (nSPS) is 10.2. The first-order valence-electron chi connectivity index (χ1n) is 6.45. The van der Waals surface area contributed by atoms with E-state index in [-0.39, 0.29) is 18.1 Å². The molecule has 0 fully saturated rings. The number of carbonyl (C=O) groups is 1. The zero-order valence-corrected chi connectivity index (χ0v) is 11.8. The molecule has 0 amide bonds. The molecule has 0 aliphatic carbocycles. The van der Waals surface area contributed by atoms with Crippen molar-refractivity contribution in [2.75, 3.05) is 0 Å². The fraction of sp³-hybridized carbons (Fsp3) is 0.188. The Morgan fingerprint density at radius 2 is 2.00 bits per heavy atom. The topological polar surface area (TPSA) is 69.4 Å².